The molecule has 0 radical (unpaired) electrons. The van der Waals surface area contributed by atoms with Crippen LogP contribution in [0.25, 0.3) is 0 Å². The summed E-state index contributed by atoms with van der Waals surface area (Å²) in [5.41, 5.74) is 0.691. The SMILES string of the molecule is CCCCCCCCCCCNC(=O)c1ccc(OC)cc1. The number of hydrogen-bond acceptors (Lipinski definition) is 2. The molecular weight excluding hydrogens is 274 g/mol. The third kappa shape index (κ3) is 8.06. The van der Waals surface area contributed by atoms with E-state index >= 15 is 0 Å². The summed E-state index contributed by atoms with van der Waals surface area (Å²) in [6.45, 7) is 3.01. The van der Waals surface area contributed by atoms with E-state index in [2.05, 4.69) is 12.2 Å². The van der Waals surface area contributed by atoms with Crippen LogP contribution in [0.2, 0.25) is 0 Å². The number of carbonyl (C=O) groups excluding carboxylic acids is 1. The van der Waals surface area contributed by atoms with E-state index in [-0.39, 0.29) is 5.91 Å². The Hall–Kier alpha value is -1.51. The molecule has 0 atom stereocenters. The van der Waals surface area contributed by atoms with Crippen LogP contribution in [0.5, 0.6) is 5.75 Å². The van der Waals surface area contributed by atoms with E-state index in [0.717, 1.165) is 18.7 Å². The van der Waals surface area contributed by atoms with E-state index < -0.39 is 0 Å². The van der Waals surface area contributed by atoms with Crippen molar-refractivity contribution in [3.63, 3.8) is 0 Å². The van der Waals surface area contributed by atoms with E-state index in [4.69, 9.17) is 4.74 Å². The predicted octanol–water partition coefficient (Wildman–Crippen LogP) is 4.96. The molecule has 0 bridgehead atoms. The van der Waals surface area contributed by atoms with Crippen LogP contribution in [0.15, 0.2) is 24.3 Å². The normalized spacial score (nSPS) is 10.5. The smallest absolute Gasteiger partial charge is 0.251 e. The number of hydrogen-bond donors (Lipinski definition) is 1. The standard InChI is InChI=1S/C19H31NO2/c1-3-4-5-6-7-8-9-10-11-16-20-19(21)17-12-14-18(22-2)15-13-17/h12-15H,3-11,16H2,1-2H3,(H,20,21). The Kier molecular flexibility index (Phi) is 10.2. The van der Waals surface area contributed by atoms with Crippen LogP contribution in [0.4, 0.5) is 0 Å². The Morgan fingerprint density at radius 2 is 1.45 bits per heavy atom. The maximum atomic E-state index is 11.9. The molecule has 1 rings (SSSR count). The minimum Gasteiger partial charge on any atom is -0.497 e. The molecule has 0 aliphatic heterocycles. The molecule has 0 fully saturated rings. The number of benzene rings is 1. The van der Waals surface area contributed by atoms with Crippen molar-refractivity contribution in [3.05, 3.63) is 29.8 Å². The van der Waals surface area contributed by atoms with Crippen molar-refractivity contribution in [1.82, 2.24) is 5.32 Å². The third-order valence-electron chi connectivity index (χ3n) is 3.92. The zero-order valence-electron chi connectivity index (χ0n) is 14.2. The molecule has 0 heterocycles. The largest absolute Gasteiger partial charge is 0.497 e. The van der Waals surface area contributed by atoms with Crippen molar-refractivity contribution in [2.24, 2.45) is 0 Å². The van der Waals surface area contributed by atoms with Crippen LogP contribution in [-0.2, 0) is 0 Å². The average Bonchev–Trinajstić information content (AvgIpc) is 2.56. The minimum absolute atomic E-state index is 0.00205. The highest BCUT2D eigenvalue weighted by Crippen LogP contribution is 2.11. The van der Waals surface area contributed by atoms with Crippen molar-refractivity contribution in [3.8, 4) is 5.75 Å². The van der Waals surface area contributed by atoms with Gasteiger partial charge in [-0.3, -0.25) is 4.79 Å². The summed E-state index contributed by atoms with van der Waals surface area (Å²) in [5, 5.41) is 2.98. The second-order valence-corrected chi connectivity index (χ2v) is 5.81. The van der Waals surface area contributed by atoms with Crippen molar-refractivity contribution >= 4 is 5.91 Å². The molecule has 1 aromatic rings. The molecule has 0 saturated carbocycles. The second kappa shape index (κ2) is 12.1. The van der Waals surface area contributed by atoms with Gasteiger partial charge >= 0.3 is 0 Å². The predicted molar refractivity (Wildman–Crippen MR) is 92.6 cm³/mol. The summed E-state index contributed by atoms with van der Waals surface area (Å²) in [4.78, 5) is 11.9. The lowest BCUT2D eigenvalue weighted by Crippen LogP contribution is -2.24. The van der Waals surface area contributed by atoms with Gasteiger partial charge in [-0.25, -0.2) is 0 Å². The van der Waals surface area contributed by atoms with E-state index in [1.165, 1.54) is 51.4 Å². The Labute approximate surface area is 135 Å². The van der Waals surface area contributed by atoms with Crippen molar-refractivity contribution in [1.29, 1.82) is 0 Å². The molecule has 1 amide bonds. The number of methoxy groups -OCH3 is 1. The molecular formula is C19H31NO2. The molecule has 3 heteroatoms. The minimum atomic E-state index is 0.00205. The molecule has 0 saturated heterocycles. The lowest BCUT2D eigenvalue weighted by atomic mass is 10.1. The first-order chi connectivity index (χ1) is 10.8. The van der Waals surface area contributed by atoms with Gasteiger partial charge in [-0.2, -0.15) is 0 Å². The first-order valence-electron chi connectivity index (χ1n) is 8.70. The summed E-state index contributed by atoms with van der Waals surface area (Å²) < 4.78 is 5.08. The van der Waals surface area contributed by atoms with E-state index in [1.54, 1.807) is 19.2 Å². The maximum Gasteiger partial charge on any atom is 0.251 e. The fourth-order valence-corrected chi connectivity index (χ4v) is 2.48. The van der Waals surface area contributed by atoms with Gasteiger partial charge in [-0.1, -0.05) is 58.3 Å². The highest BCUT2D eigenvalue weighted by molar-refractivity contribution is 5.94. The highest BCUT2D eigenvalue weighted by atomic mass is 16.5. The van der Waals surface area contributed by atoms with Crippen LogP contribution in [0.1, 0.15) is 75.1 Å². The summed E-state index contributed by atoms with van der Waals surface area (Å²) in [7, 11) is 1.62. The van der Waals surface area contributed by atoms with Gasteiger partial charge in [-0.05, 0) is 30.7 Å². The molecule has 0 aliphatic rings. The van der Waals surface area contributed by atoms with Crippen molar-refractivity contribution < 1.29 is 9.53 Å². The summed E-state index contributed by atoms with van der Waals surface area (Å²) >= 11 is 0. The molecule has 3 nitrogen and oxygen atoms in total. The van der Waals surface area contributed by atoms with Crippen LogP contribution in [-0.4, -0.2) is 19.6 Å². The molecule has 0 aromatic heterocycles. The van der Waals surface area contributed by atoms with Crippen LogP contribution in [0, 0.1) is 0 Å². The summed E-state index contributed by atoms with van der Waals surface area (Å²) in [6.07, 6.45) is 11.7. The number of ether oxygens (including phenoxy) is 1. The van der Waals surface area contributed by atoms with Crippen molar-refractivity contribution in [2.75, 3.05) is 13.7 Å². The zero-order valence-corrected chi connectivity index (χ0v) is 14.2. The van der Waals surface area contributed by atoms with Crippen molar-refractivity contribution in [2.45, 2.75) is 64.7 Å². The second-order valence-electron chi connectivity index (χ2n) is 5.81. The van der Waals surface area contributed by atoms with Gasteiger partial charge in [0.25, 0.3) is 5.91 Å². The number of unbranched alkanes of at least 4 members (excludes halogenated alkanes) is 8. The monoisotopic (exact) mass is 305 g/mol. The lowest BCUT2D eigenvalue weighted by molar-refractivity contribution is 0.0953. The number of rotatable bonds is 12. The molecule has 0 spiro atoms. The topological polar surface area (TPSA) is 38.3 Å². The van der Waals surface area contributed by atoms with Crippen LogP contribution in [0.3, 0.4) is 0 Å². The highest BCUT2D eigenvalue weighted by Gasteiger charge is 2.04. The van der Waals surface area contributed by atoms with Gasteiger partial charge < -0.3 is 10.1 Å². The molecule has 1 aromatic carbocycles. The number of amides is 1. The Morgan fingerprint density at radius 1 is 0.909 bits per heavy atom. The zero-order chi connectivity index (χ0) is 16.0. The Morgan fingerprint density at radius 3 is 2.00 bits per heavy atom. The van der Waals surface area contributed by atoms with Gasteiger partial charge in [-0.15, -0.1) is 0 Å². The molecule has 0 unspecified atom stereocenters. The van der Waals surface area contributed by atoms with E-state index in [0.29, 0.717) is 5.56 Å². The number of nitrogens with one attached hydrogen (secondary N) is 1. The quantitative estimate of drug-likeness (QED) is 0.554. The average molecular weight is 305 g/mol. The van der Waals surface area contributed by atoms with Crippen LogP contribution < -0.4 is 10.1 Å². The molecule has 0 aliphatic carbocycles. The summed E-state index contributed by atoms with van der Waals surface area (Å²) in [5.74, 6) is 0.776. The fourth-order valence-electron chi connectivity index (χ4n) is 2.48. The molecule has 22 heavy (non-hydrogen) atoms. The Balaban J connectivity index is 2.00. The van der Waals surface area contributed by atoms with Gasteiger partial charge in [0.05, 0.1) is 7.11 Å². The van der Waals surface area contributed by atoms with Gasteiger partial charge in [0.2, 0.25) is 0 Å². The molecule has 124 valence electrons. The molecule has 1 N–H and O–H groups in total. The summed E-state index contributed by atoms with van der Waals surface area (Å²) in [6, 6.07) is 7.22. The third-order valence-corrected chi connectivity index (χ3v) is 3.92. The maximum absolute atomic E-state index is 11.9. The lowest BCUT2D eigenvalue weighted by Gasteiger charge is -2.06. The van der Waals surface area contributed by atoms with E-state index in [1.807, 2.05) is 12.1 Å². The first-order valence-corrected chi connectivity index (χ1v) is 8.70. The fraction of sp³-hybridized carbons (Fsp3) is 0.632. The first kappa shape index (κ1) is 18.5. The van der Waals surface area contributed by atoms with Gasteiger partial charge in [0.15, 0.2) is 0 Å². The van der Waals surface area contributed by atoms with Gasteiger partial charge in [0, 0.05) is 12.1 Å². The van der Waals surface area contributed by atoms with Gasteiger partial charge in [0.1, 0.15) is 5.75 Å². The number of carbonyl (C=O) groups is 1. The van der Waals surface area contributed by atoms with Crippen LogP contribution >= 0.6 is 0 Å². The van der Waals surface area contributed by atoms with E-state index in [9.17, 15) is 4.79 Å². The Bertz CT molecular complexity index is 400.